The Kier molecular flexibility index (Phi) is 4.29. The third kappa shape index (κ3) is 3.07. The second-order valence-electron chi connectivity index (χ2n) is 4.96. The summed E-state index contributed by atoms with van der Waals surface area (Å²) in [6, 6.07) is 6.04. The van der Waals surface area contributed by atoms with Crippen LogP contribution >= 0.6 is 0 Å². The van der Waals surface area contributed by atoms with E-state index < -0.39 is 0 Å². The van der Waals surface area contributed by atoms with Gasteiger partial charge in [-0.3, -0.25) is 9.69 Å². The minimum Gasteiger partial charge on any atom is -0.347 e. The Balaban J connectivity index is 3.23. The van der Waals surface area contributed by atoms with Gasteiger partial charge in [0, 0.05) is 14.1 Å². The van der Waals surface area contributed by atoms with E-state index in [1.54, 1.807) is 19.0 Å². The summed E-state index contributed by atoms with van der Waals surface area (Å²) in [5.74, 6) is 0.115. The van der Waals surface area contributed by atoms with Crippen LogP contribution < -0.4 is 0 Å². The van der Waals surface area contributed by atoms with Gasteiger partial charge >= 0.3 is 0 Å². The summed E-state index contributed by atoms with van der Waals surface area (Å²) in [6.07, 6.45) is 0. The molecule has 0 saturated carbocycles. The molecule has 0 aliphatic heterocycles. The number of carbonyl (C=O) groups excluding carboxylic acids is 1. The number of nitrogens with zero attached hydrogens (tertiary/aromatic N) is 2. The average molecular weight is 234 g/mol. The van der Waals surface area contributed by atoms with E-state index in [0.717, 1.165) is 11.1 Å². The maximum Gasteiger partial charge on any atom is 0.244 e. The summed E-state index contributed by atoms with van der Waals surface area (Å²) in [5, 5.41) is 0. The Bertz CT molecular complexity index is 411. The lowest BCUT2D eigenvalue weighted by atomic mass is 9.97. The van der Waals surface area contributed by atoms with Crippen LogP contribution in [0.2, 0.25) is 0 Å². The van der Waals surface area contributed by atoms with Crippen molar-refractivity contribution in [2.24, 2.45) is 0 Å². The quantitative estimate of drug-likeness (QED) is 0.798. The first-order chi connectivity index (χ1) is 7.84. The molecule has 0 heterocycles. The topological polar surface area (TPSA) is 23.6 Å². The molecule has 17 heavy (non-hydrogen) atoms. The Morgan fingerprint density at radius 2 is 1.71 bits per heavy atom. The van der Waals surface area contributed by atoms with Crippen LogP contribution in [0.25, 0.3) is 0 Å². The zero-order chi connectivity index (χ0) is 13.2. The lowest BCUT2D eigenvalue weighted by Gasteiger charge is -2.28. The summed E-state index contributed by atoms with van der Waals surface area (Å²) in [4.78, 5) is 15.8. The first-order valence-electron chi connectivity index (χ1n) is 5.79. The van der Waals surface area contributed by atoms with Gasteiger partial charge in [-0.05, 0) is 39.1 Å². The zero-order valence-corrected chi connectivity index (χ0v) is 11.6. The van der Waals surface area contributed by atoms with Gasteiger partial charge in [0.05, 0.1) is 0 Å². The van der Waals surface area contributed by atoms with Crippen molar-refractivity contribution in [3.05, 3.63) is 34.9 Å². The Hall–Kier alpha value is -1.35. The molecule has 3 heteroatoms. The normalized spacial score (nSPS) is 12.6. The summed E-state index contributed by atoms with van der Waals surface area (Å²) in [5.41, 5.74) is 3.43. The molecule has 1 atom stereocenters. The molecule has 94 valence electrons. The third-order valence-corrected chi connectivity index (χ3v) is 2.92. The lowest BCUT2D eigenvalue weighted by molar-refractivity contribution is -0.133. The van der Waals surface area contributed by atoms with Crippen molar-refractivity contribution >= 4 is 5.91 Å². The number of carbonyl (C=O) groups is 1. The maximum atomic E-state index is 12.2. The van der Waals surface area contributed by atoms with Gasteiger partial charge in [-0.2, -0.15) is 0 Å². The van der Waals surface area contributed by atoms with Gasteiger partial charge in [0.25, 0.3) is 0 Å². The molecular weight excluding hydrogens is 212 g/mol. The predicted octanol–water partition coefficient (Wildman–Crippen LogP) is 1.99. The molecule has 1 aromatic rings. The summed E-state index contributed by atoms with van der Waals surface area (Å²) in [7, 11) is 7.47. The fraction of sp³-hybridized carbons (Fsp3) is 0.500. The fourth-order valence-corrected chi connectivity index (χ4v) is 1.93. The Morgan fingerprint density at radius 1 is 1.12 bits per heavy atom. The highest BCUT2D eigenvalue weighted by atomic mass is 16.2. The molecular formula is C14H22N2O. The Morgan fingerprint density at radius 3 is 2.18 bits per heavy atom. The van der Waals surface area contributed by atoms with Crippen molar-refractivity contribution in [2.45, 2.75) is 19.9 Å². The van der Waals surface area contributed by atoms with Crippen molar-refractivity contribution in [3.63, 3.8) is 0 Å². The van der Waals surface area contributed by atoms with Gasteiger partial charge in [-0.1, -0.05) is 23.8 Å². The predicted molar refractivity (Wildman–Crippen MR) is 71.0 cm³/mol. The summed E-state index contributed by atoms with van der Waals surface area (Å²) >= 11 is 0. The summed E-state index contributed by atoms with van der Waals surface area (Å²) in [6.45, 7) is 4.10. The van der Waals surface area contributed by atoms with Gasteiger partial charge < -0.3 is 4.90 Å². The van der Waals surface area contributed by atoms with E-state index >= 15 is 0 Å². The van der Waals surface area contributed by atoms with E-state index in [9.17, 15) is 4.79 Å². The molecule has 3 nitrogen and oxygen atoms in total. The lowest BCUT2D eigenvalue weighted by Crippen LogP contribution is -2.36. The molecule has 1 amide bonds. The number of amides is 1. The highest BCUT2D eigenvalue weighted by molar-refractivity contribution is 5.83. The number of benzene rings is 1. The van der Waals surface area contributed by atoms with E-state index in [1.807, 2.05) is 25.9 Å². The van der Waals surface area contributed by atoms with Crippen LogP contribution in [0.1, 0.15) is 22.7 Å². The molecule has 0 radical (unpaired) electrons. The van der Waals surface area contributed by atoms with E-state index in [4.69, 9.17) is 0 Å². The van der Waals surface area contributed by atoms with Crippen LogP contribution in [0, 0.1) is 13.8 Å². The molecule has 1 aromatic carbocycles. The number of hydrogen-bond donors (Lipinski definition) is 0. The molecule has 0 aromatic heterocycles. The third-order valence-electron chi connectivity index (χ3n) is 2.92. The Labute approximate surface area is 104 Å². The van der Waals surface area contributed by atoms with Crippen molar-refractivity contribution in [1.82, 2.24) is 9.80 Å². The minimum absolute atomic E-state index is 0.115. The molecule has 0 aliphatic rings. The molecule has 0 N–H and O–H groups in total. The standard InChI is InChI=1S/C14H22N2O/c1-10-7-8-11(2)12(9-10)13(15(3)4)14(17)16(5)6/h7-9,13H,1-6H3. The summed E-state index contributed by atoms with van der Waals surface area (Å²) < 4.78 is 0. The van der Waals surface area contributed by atoms with E-state index in [2.05, 4.69) is 25.1 Å². The number of aryl methyl sites for hydroxylation is 2. The maximum absolute atomic E-state index is 12.2. The van der Waals surface area contributed by atoms with Crippen LogP contribution in [-0.2, 0) is 4.79 Å². The molecule has 0 bridgehead atoms. The van der Waals surface area contributed by atoms with Crippen molar-refractivity contribution < 1.29 is 4.79 Å². The highest BCUT2D eigenvalue weighted by Gasteiger charge is 2.25. The van der Waals surface area contributed by atoms with E-state index in [-0.39, 0.29) is 11.9 Å². The second-order valence-corrected chi connectivity index (χ2v) is 4.96. The molecule has 0 saturated heterocycles. The van der Waals surface area contributed by atoms with Crippen LogP contribution in [0.15, 0.2) is 18.2 Å². The molecule has 0 fully saturated rings. The van der Waals surface area contributed by atoms with Crippen molar-refractivity contribution in [1.29, 1.82) is 0 Å². The minimum atomic E-state index is -0.204. The van der Waals surface area contributed by atoms with E-state index in [1.165, 1.54) is 5.56 Å². The van der Waals surface area contributed by atoms with Gasteiger partial charge in [0.15, 0.2) is 0 Å². The molecule has 0 aliphatic carbocycles. The molecule has 1 unspecified atom stereocenters. The van der Waals surface area contributed by atoms with Gasteiger partial charge in [-0.15, -0.1) is 0 Å². The SMILES string of the molecule is Cc1ccc(C)c(C(C(=O)N(C)C)N(C)C)c1. The zero-order valence-electron chi connectivity index (χ0n) is 11.6. The first-order valence-corrected chi connectivity index (χ1v) is 5.79. The second kappa shape index (κ2) is 5.32. The largest absolute Gasteiger partial charge is 0.347 e. The van der Waals surface area contributed by atoms with E-state index in [0.29, 0.717) is 0 Å². The van der Waals surface area contributed by atoms with Crippen LogP contribution in [-0.4, -0.2) is 43.9 Å². The molecule has 1 rings (SSSR count). The van der Waals surface area contributed by atoms with Gasteiger partial charge in [-0.25, -0.2) is 0 Å². The number of likely N-dealkylation sites (N-methyl/N-ethyl adjacent to an activating group) is 2. The smallest absolute Gasteiger partial charge is 0.244 e. The van der Waals surface area contributed by atoms with Gasteiger partial charge in [0.2, 0.25) is 5.91 Å². The van der Waals surface area contributed by atoms with Gasteiger partial charge in [0.1, 0.15) is 6.04 Å². The monoisotopic (exact) mass is 234 g/mol. The highest BCUT2D eigenvalue weighted by Crippen LogP contribution is 2.24. The fourth-order valence-electron chi connectivity index (χ4n) is 1.93. The number of rotatable bonds is 3. The number of hydrogen-bond acceptors (Lipinski definition) is 2. The van der Waals surface area contributed by atoms with Crippen molar-refractivity contribution in [3.8, 4) is 0 Å². The van der Waals surface area contributed by atoms with Crippen LogP contribution in [0.3, 0.4) is 0 Å². The van der Waals surface area contributed by atoms with Crippen molar-refractivity contribution in [2.75, 3.05) is 28.2 Å². The average Bonchev–Trinajstić information content (AvgIpc) is 2.22. The first kappa shape index (κ1) is 13.7. The van der Waals surface area contributed by atoms with Crippen LogP contribution in [0.5, 0.6) is 0 Å². The molecule has 0 spiro atoms. The van der Waals surface area contributed by atoms with Crippen LogP contribution in [0.4, 0.5) is 0 Å².